The van der Waals surface area contributed by atoms with Crippen LogP contribution in [0, 0.1) is 0 Å². The van der Waals surface area contributed by atoms with Gasteiger partial charge in [0.2, 0.25) is 0 Å². The highest BCUT2D eigenvalue weighted by molar-refractivity contribution is 7.25. The van der Waals surface area contributed by atoms with Crippen LogP contribution in [0.15, 0.2) is 237 Å². The van der Waals surface area contributed by atoms with Crippen molar-refractivity contribution in [3.63, 3.8) is 0 Å². The molecule has 1 heterocycles. The molecule has 1 aromatic heterocycles. The quantitative estimate of drug-likeness (QED) is 0.148. The van der Waals surface area contributed by atoms with Crippen molar-refractivity contribution >= 4 is 59.3 Å². The van der Waals surface area contributed by atoms with Gasteiger partial charge in [-0.15, -0.1) is 11.3 Å². The summed E-state index contributed by atoms with van der Waals surface area (Å²) in [5.41, 5.74) is 15.4. The van der Waals surface area contributed by atoms with Gasteiger partial charge in [0, 0.05) is 37.2 Å². The molecule has 0 aliphatic heterocycles. The molecule has 2 heteroatoms. The molecule has 0 saturated carbocycles. The molecule has 11 aromatic rings. The lowest BCUT2D eigenvalue weighted by Gasteiger charge is -2.26. The van der Waals surface area contributed by atoms with Crippen molar-refractivity contribution in [1.29, 1.82) is 0 Å². The third-order valence-electron chi connectivity index (χ3n) is 11.7. The molecule has 0 atom stereocenters. The average molecular weight is 782 g/mol. The summed E-state index contributed by atoms with van der Waals surface area (Å²) in [4.78, 5) is 2.37. The summed E-state index contributed by atoms with van der Waals surface area (Å²) in [6.45, 7) is 0. The number of fused-ring (bicyclic) bond motifs is 4. The lowest BCUT2D eigenvalue weighted by atomic mass is 9.93. The smallest absolute Gasteiger partial charge is 0.0462 e. The molecule has 282 valence electrons. The molecule has 1 nitrogen and oxygen atoms in total. The molecule has 0 bridgehead atoms. The minimum absolute atomic E-state index is 1.10. The van der Waals surface area contributed by atoms with Gasteiger partial charge in [-0.3, -0.25) is 0 Å². The van der Waals surface area contributed by atoms with Gasteiger partial charge in [0.1, 0.15) is 0 Å². The largest absolute Gasteiger partial charge is 0.311 e. The molecule has 10 aromatic carbocycles. The molecule has 0 spiro atoms. The molecule has 0 amide bonds. The Morgan fingerprint density at radius 3 is 1.32 bits per heavy atom. The Labute approximate surface area is 354 Å². The van der Waals surface area contributed by atoms with Crippen LogP contribution in [-0.2, 0) is 0 Å². The summed E-state index contributed by atoms with van der Waals surface area (Å²) in [6, 6.07) is 86.1. The van der Waals surface area contributed by atoms with E-state index in [0.29, 0.717) is 0 Å². The molecular formula is C58H39NS. The zero-order valence-corrected chi connectivity index (χ0v) is 33.7. The Bertz CT molecular complexity index is 3220. The molecule has 11 rings (SSSR count). The summed E-state index contributed by atoms with van der Waals surface area (Å²) < 4.78 is 2.64. The third-order valence-corrected chi connectivity index (χ3v) is 12.8. The molecule has 0 N–H and O–H groups in total. The number of anilines is 3. The number of thiophene rings is 1. The van der Waals surface area contributed by atoms with Gasteiger partial charge in [0.05, 0.1) is 0 Å². The molecule has 0 saturated heterocycles. The van der Waals surface area contributed by atoms with Crippen LogP contribution >= 0.6 is 11.3 Å². The second-order valence-electron chi connectivity index (χ2n) is 15.3. The highest BCUT2D eigenvalue weighted by Gasteiger charge is 2.16. The fourth-order valence-electron chi connectivity index (χ4n) is 8.62. The highest BCUT2D eigenvalue weighted by Crippen LogP contribution is 2.42. The number of hydrogen-bond donors (Lipinski definition) is 0. The fourth-order valence-corrected chi connectivity index (χ4v) is 9.75. The predicted octanol–water partition coefficient (Wildman–Crippen LogP) is 17.0. The van der Waals surface area contributed by atoms with Crippen molar-refractivity contribution in [3.05, 3.63) is 237 Å². The topological polar surface area (TPSA) is 3.24 Å². The number of hydrogen-bond acceptors (Lipinski definition) is 2. The van der Waals surface area contributed by atoms with E-state index in [4.69, 9.17) is 0 Å². The van der Waals surface area contributed by atoms with E-state index in [1.807, 2.05) is 11.3 Å². The Balaban J connectivity index is 0.994. The standard InChI is InChI=1S/C58H39NS/c1-3-12-40(13-4-1)48-37-49(41-14-5-2-6-15-41)39-50(38-48)44-26-32-52(33-27-44)59(51-30-24-43(25-31-51)47-23-22-42-16-7-8-17-46(42)36-47)53-34-28-45(29-35-53)54-19-11-21-57-58(54)55-18-9-10-20-56(55)60-57/h1-39H. The maximum absolute atomic E-state index is 2.37. The van der Waals surface area contributed by atoms with Crippen molar-refractivity contribution in [2.75, 3.05) is 4.90 Å². The second-order valence-corrected chi connectivity index (χ2v) is 16.4. The van der Waals surface area contributed by atoms with Crippen LogP contribution in [0.4, 0.5) is 17.1 Å². The Hall–Kier alpha value is -7.52. The van der Waals surface area contributed by atoms with Crippen molar-refractivity contribution in [2.24, 2.45) is 0 Å². The Kier molecular flexibility index (Phi) is 9.11. The van der Waals surface area contributed by atoms with Crippen LogP contribution in [0.3, 0.4) is 0 Å². The average Bonchev–Trinajstić information content (AvgIpc) is 3.72. The summed E-state index contributed by atoms with van der Waals surface area (Å²) >= 11 is 1.86. The first-order chi connectivity index (χ1) is 29.7. The maximum atomic E-state index is 2.37. The van der Waals surface area contributed by atoms with Gasteiger partial charge in [-0.25, -0.2) is 0 Å². The zero-order chi connectivity index (χ0) is 39.8. The first-order valence-electron chi connectivity index (χ1n) is 20.5. The molecule has 0 aliphatic rings. The van der Waals surface area contributed by atoms with E-state index in [1.54, 1.807) is 0 Å². The van der Waals surface area contributed by atoms with Gasteiger partial charge in [0.15, 0.2) is 0 Å². The summed E-state index contributed by atoms with van der Waals surface area (Å²) in [5, 5.41) is 5.14. The number of benzene rings is 10. The molecule has 0 fully saturated rings. The summed E-state index contributed by atoms with van der Waals surface area (Å²) in [6.07, 6.45) is 0. The fraction of sp³-hybridized carbons (Fsp3) is 0. The van der Waals surface area contributed by atoms with Crippen LogP contribution in [0.2, 0.25) is 0 Å². The molecular weight excluding hydrogens is 743 g/mol. The van der Waals surface area contributed by atoms with Gasteiger partial charge in [-0.05, 0) is 139 Å². The van der Waals surface area contributed by atoms with Crippen molar-refractivity contribution < 1.29 is 0 Å². The van der Waals surface area contributed by atoms with Crippen molar-refractivity contribution in [1.82, 2.24) is 0 Å². The van der Waals surface area contributed by atoms with E-state index < -0.39 is 0 Å². The van der Waals surface area contributed by atoms with E-state index in [-0.39, 0.29) is 0 Å². The number of rotatable bonds is 8. The third kappa shape index (κ3) is 6.73. The monoisotopic (exact) mass is 781 g/mol. The Morgan fingerprint density at radius 2 is 0.717 bits per heavy atom. The summed E-state index contributed by atoms with van der Waals surface area (Å²) in [7, 11) is 0. The van der Waals surface area contributed by atoms with Crippen LogP contribution < -0.4 is 4.90 Å². The highest BCUT2D eigenvalue weighted by atomic mass is 32.1. The SMILES string of the molecule is c1ccc(-c2cc(-c3ccccc3)cc(-c3ccc(N(c4ccc(-c5ccc6ccccc6c5)cc4)c4ccc(-c5cccc6sc7ccccc7c56)cc4)cc3)c2)cc1. The van der Waals surface area contributed by atoms with Gasteiger partial charge in [-0.1, -0.05) is 164 Å². The van der Waals surface area contributed by atoms with Crippen LogP contribution in [0.5, 0.6) is 0 Å². The van der Waals surface area contributed by atoms with E-state index >= 15 is 0 Å². The lowest BCUT2D eigenvalue weighted by Crippen LogP contribution is -2.09. The summed E-state index contributed by atoms with van der Waals surface area (Å²) in [5.74, 6) is 0. The Morgan fingerprint density at radius 1 is 0.267 bits per heavy atom. The molecule has 0 radical (unpaired) electrons. The lowest BCUT2D eigenvalue weighted by molar-refractivity contribution is 1.28. The predicted molar refractivity (Wildman–Crippen MR) is 259 cm³/mol. The minimum atomic E-state index is 1.10. The second kappa shape index (κ2) is 15.3. The van der Waals surface area contributed by atoms with Gasteiger partial charge >= 0.3 is 0 Å². The first kappa shape index (κ1) is 35.6. The maximum Gasteiger partial charge on any atom is 0.0462 e. The van der Waals surface area contributed by atoms with Gasteiger partial charge < -0.3 is 4.90 Å². The van der Waals surface area contributed by atoms with E-state index in [2.05, 4.69) is 241 Å². The van der Waals surface area contributed by atoms with Crippen LogP contribution in [0.1, 0.15) is 0 Å². The van der Waals surface area contributed by atoms with E-state index in [1.165, 1.54) is 86.6 Å². The van der Waals surface area contributed by atoms with E-state index in [0.717, 1.165) is 17.1 Å². The molecule has 0 aliphatic carbocycles. The van der Waals surface area contributed by atoms with Crippen LogP contribution in [-0.4, -0.2) is 0 Å². The zero-order valence-electron chi connectivity index (χ0n) is 32.9. The minimum Gasteiger partial charge on any atom is -0.311 e. The van der Waals surface area contributed by atoms with E-state index in [9.17, 15) is 0 Å². The van der Waals surface area contributed by atoms with Crippen molar-refractivity contribution in [3.8, 4) is 55.6 Å². The van der Waals surface area contributed by atoms with Gasteiger partial charge in [-0.2, -0.15) is 0 Å². The first-order valence-corrected chi connectivity index (χ1v) is 21.3. The number of nitrogens with zero attached hydrogens (tertiary/aromatic N) is 1. The van der Waals surface area contributed by atoms with Crippen LogP contribution in [0.25, 0.3) is 86.6 Å². The van der Waals surface area contributed by atoms with Crippen molar-refractivity contribution in [2.45, 2.75) is 0 Å². The van der Waals surface area contributed by atoms with Gasteiger partial charge in [0.25, 0.3) is 0 Å². The normalized spacial score (nSPS) is 11.3. The molecule has 0 unspecified atom stereocenters. The molecule has 60 heavy (non-hydrogen) atoms.